The first-order chi connectivity index (χ1) is 18.0. The number of carbonyl (C=O) groups excluding carboxylic acids is 1. The number of hydrogen-bond donors (Lipinski definition) is 0. The maximum absolute atomic E-state index is 15.3. The van der Waals surface area contributed by atoms with Crippen molar-refractivity contribution < 1.29 is 26.4 Å². The molecule has 8 nitrogen and oxygen atoms in total. The Morgan fingerprint density at radius 2 is 1.58 bits per heavy atom. The molecule has 0 unspecified atom stereocenters. The number of nitrogens with zero attached hydrogens (tertiary/aromatic N) is 5. The van der Waals surface area contributed by atoms with Gasteiger partial charge in [0.25, 0.3) is 5.91 Å². The molecule has 2 fully saturated rings. The third-order valence-corrected chi connectivity index (χ3v) is 9.06. The third kappa shape index (κ3) is 4.99. The zero-order valence-corrected chi connectivity index (χ0v) is 21.9. The Labute approximate surface area is 219 Å². The molecule has 38 heavy (non-hydrogen) atoms. The monoisotopic (exact) mass is 547 g/mol. The first kappa shape index (κ1) is 26.5. The van der Waals surface area contributed by atoms with Crippen molar-refractivity contribution in [3.63, 3.8) is 0 Å². The van der Waals surface area contributed by atoms with Crippen LogP contribution in [0, 0.1) is 18.6 Å². The van der Waals surface area contributed by atoms with Crippen LogP contribution in [-0.2, 0) is 10.0 Å². The first-order valence-electron chi connectivity index (χ1n) is 12.4. The van der Waals surface area contributed by atoms with Crippen LogP contribution in [0.2, 0.25) is 0 Å². The second-order valence-corrected chi connectivity index (χ2v) is 11.8. The predicted molar refractivity (Wildman–Crippen MR) is 136 cm³/mol. The highest BCUT2D eigenvalue weighted by molar-refractivity contribution is 7.89. The van der Waals surface area contributed by atoms with E-state index in [1.807, 2.05) is 7.05 Å². The van der Waals surface area contributed by atoms with Crippen molar-refractivity contribution in [2.24, 2.45) is 0 Å². The van der Waals surface area contributed by atoms with Crippen LogP contribution >= 0.6 is 0 Å². The molecule has 0 radical (unpaired) electrons. The standard InChI is InChI=1S/C26H28F3N5O3S/c1-16-13-23(31-25-19(16)3-4-22(30-25)26(35)33-11-9-32(2)10-12-33)24-20(28)14-18(15-21(24)29)38(36,37)34-7-5-17(27)6-8-34/h3-4,13-15,17H,5-12H2,1-2H3. The molecule has 12 heteroatoms. The molecular formula is C26H28F3N5O3S. The van der Waals surface area contributed by atoms with Crippen molar-refractivity contribution in [3.05, 3.63) is 53.2 Å². The number of sulfonamides is 1. The van der Waals surface area contributed by atoms with Gasteiger partial charge in [0.1, 0.15) is 23.5 Å². The fraction of sp³-hybridized carbons (Fsp3) is 0.423. The fourth-order valence-corrected chi connectivity index (χ4v) is 6.34. The van der Waals surface area contributed by atoms with E-state index in [2.05, 4.69) is 14.9 Å². The number of carbonyl (C=O) groups is 1. The Kier molecular flexibility index (Phi) is 7.14. The third-order valence-electron chi connectivity index (χ3n) is 7.18. The Hall–Kier alpha value is -3.09. The van der Waals surface area contributed by atoms with Crippen LogP contribution < -0.4 is 0 Å². The van der Waals surface area contributed by atoms with E-state index in [9.17, 15) is 17.6 Å². The summed E-state index contributed by atoms with van der Waals surface area (Å²) in [5, 5.41) is 0.625. The molecule has 2 saturated heterocycles. The van der Waals surface area contributed by atoms with E-state index in [0.29, 0.717) is 24.0 Å². The van der Waals surface area contributed by atoms with Crippen molar-refractivity contribution in [3.8, 4) is 11.3 Å². The maximum atomic E-state index is 15.3. The topological polar surface area (TPSA) is 86.7 Å². The molecule has 0 spiro atoms. The van der Waals surface area contributed by atoms with Crippen LogP contribution in [0.4, 0.5) is 13.2 Å². The minimum atomic E-state index is -4.19. The second-order valence-electron chi connectivity index (χ2n) is 9.83. The summed E-state index contributed by atoms with van der Waals surface area (Å²) in [6.07, 6.45) is -1.02. The lowest BCUT2D eigenvalue weighted by molar-refractivity contribution is 0.0658. The summed E-state index contributed by atoms with van der Waals surface area (Å²) >= 11 is 0. The van der Waals surface area contributed by atoms with Crippen LogP contribution in [0.3, 0.4) is 0 Å². The van der Waals surface area contributed by atoms with Crippen LogP contribution in [0.5, 0.6) is 0 Å². The summed E-state index contributed by atoms with van der Waals surface area (Å²) < 4.78 is 70.9. The van der Waals surface area contributed by atoms with Gasteiger partial charge in [-0.05, 0) is 62.7 Å². The van der Waals surface area contributed by atoms with E-state index < -0.39 is 38.3 Å². The van der Waals surface area contributed by atoms with Crippen molar-refractivity contribution in [1.29, 1.82) is 0 Å². The van der Waals surface area contributed by atoms with Gasteiger partial charge in [-0.3, -0.25) is 4.79 Å². The van der Waals surface area contributed by atoms with E-state index in [0.717, 1.165) is 29.5 Å². The smallest absolute Gasteiger partial charge is 0.272 e. The number of piperazine rings is 1. The van der Waals surface area contributed by atoms with Crippen LogP contribution in [0.25, 0.3) is 22.3 Å². The van der Waals surface area contributed by atoms with Crippen molar-refractivity contribution in [2.45, 2.75) is 30.8 Å². The van der Waals surface area contributed by atoms with Crippen molar-refractivity contribution in [1.82, 2.24) is 24.1 Å². The summed E-state index contributed by atoms with van der Waals surface area (Å²) in [5.74, 6) is -2.44. The van der Waals surface area contributed by atoms with Gasteiger partial charge in [0, 0.05) is 44.7 Å². The highest BCUT2D eigenvalue weighted by atomic mass is 32.2. The van der Waals surface area contributed by atoms with Crippen molar-refractivity contribution in [2.75, 3.05) is 46.3 Å². The number of alkyl halides is 1. The lowest BCUT2D eigenvalue weighted by Crippen LogP contribution is -2.47. The van der Waals surface area contributed by atoms with Gasteiger partial charge < -0.3 is 9.80 Å². The predicted octanol–water partition coefficient (Wildman–Crippen LogP) is 3.39. The Bertz CT molecular complexity index is 1480. The zero-order valence-electron chi connectivity index (χ0n) is 21.1. The molecule has 2 aliphatic rings. The lowest BCUT2D eigenvalue weighted by Gasteiger charge is -2.32. The Balaban J connectivity index is 1.49. The molecule has 0 bridgehead atoms. The Morgan fingerprint density at radius 3 is 2.21 bits per heavy atom. The van der Waals surface area contributed by atoms with Gasteiger partial charge in [-0.25, -0.2) is 31.6 Å². The molecule has 1 amide bonds. The molecule has 0 saturated carbocycles. The molecule has 0 aliphatic carbocycles. The van der Waals surface area contributed by atoms with E-state index in [-0.39, 0.29) is 48.9 Å². The largest absolute Gasteiger partial charge is 0.335 e. The summed E-state index contributed by atoms with van der Waals surface area (Å²) in [7, 11) is -2.21. The molecule has 202 valence electrons. The van der Waals surface area contributed by atoms with Gasteiger partial charge in [0.05, 0.1) is 16.2 Å². The molecule has 1 aromatic carbocycles. The minimum Gasteiger partial charge on any atom is -0.335 e. The number of pyridine rings is 2. The second kappa shape index (κ2) is 10.2. The number of aryl methyl sites for hydroxylation is 1. The summed E-state index contributed by atoms with van der Waals surface area (Å²) in [5.41, 5.74) is 0.425. The van der Waals surface area contributed by atoms with Gasteiger partial charge in [-0.1, -0.05) is 0 Å². The number of amides is 1. The van der Waals surface area contributed by atoms with Gasteiger partial charge in [-0.2, -0.15) is 4.31 Å². The number of likely N-dealkylation sites (N-methyl/N-ethyl adjacent to an activating group) is 1. The lowest BCUT2D eigenvalue weighted by atomic mass is 10.1. The molecule has 2 aromatic heterocycles. The quantitative estimate of drug-likeness (QED) is 0.498. The number of benzene rings is 1. The van der Waals surface area contributed by atoms with E-state index in [4.69, 9.17) is 0 Å². The number of fused-ring (bicyclic) bond motifs is 1. The normalized spacial score (nSPS) is 18.3. The van der Waals surface area contributed by atoms with E-state index >= 15 is 8.78 Å². The fourth-order valence-electron chi connectivity index (χ4n) is 4.85. The number of hydrogen-bond acceptors (Lipinski definition) is 6. The van der Waals surface area contributed by atoms with Crippen molar-refractivity contribution >= 4 is 27.0 Å². The van der Waals surface area contributed by atoms with Crippen LogP contribution in [0.15, 0.2) is 35.2 Å². The number of piperidine rings is 1. The average Bonchev–Trinajstić information content (AvgIpc) is 2.88. The van der Waals surface area contributed by atoms with Gasteiger partial charge >= 0.3 is 0 Å². The molecule has 0 N–H and O–H groups in total. The first-order valence-corrected chi connectivity index (χ1v) is 13.9. The summed E-state index contributed by atoms with van der Waals surface area (Å²) in [6, 6.07) is 6.34. The Morgan fingerprint density at radius 1 is 0.947 bits per heavy atom. The number of aromatic nitrogens is 2. The van der Waals surface area contributed by atoms with Gasteiger partial charge in [-0.15, -0.1) is 0 Å². The van der Waals surface area contributed by atoms with Crippen LogP contribution in [-0.4, -0.2) is 90.9 Å². The SMILES string of the molecule is Cc1cc(-c2c(F)cc(S(=O)(=O)N3CCC(F)CC3)cc2F)nc2nc(C(=O)N3CCN(C)CC3)ccc12. The van der Waals surface area contributed by atoms with Gasteiger partial charge in [0.15, 0.2) is 5.65 Å². The number of halogens is 3. The molecule has 2 aliphatic heterocycles. The van der Waals surface area contributed by atoms with Crippen LogP contribution in [0.1, 0.15) is 28.9 Å². The van der Waals surface area contributed by atoms with E-state index in [1.165, 1.54) is 6.07 Å². The number of rotatable bonds is 4. The molecule has 0 atom stereocenters. The van der Waals surface area contributed by atoms with Gasteiger partial charge in [0.2, 0.25) is 10.0 Å². The molecule has 4 heterocycles. The van der Waals surface area contributed by atoms with E-state index in [1.54, 1.807) is 24.0 Å². The highest BCUT2D eigenvalue weighted by Crippen LogP contribution is 2.32. The maximum Gasteiger partial charge on any atom is 0.272 e. The summed E-state index contributed by atoms with van der Waals surface area (Å²) in [4.78, 5) is 25.0. The summed E-state index contributed by atoms with van der Waals surface area (Å²) in [6.45, 7) is 4.26. The minimum absolute atomic E-state index is 0.0366. The highest BCUT2D eigenvalue weighted by Gasteiger charge is 2.31. The average molecular weight is 548 g/mol. The molecule has 3 aromatic rings. The molecular weight excluding hydrogens is 519 g/mol. The molecule has 5 rings (SSSR count). The zero-order chi connectivity index (χ0) is 27.2.